The molecule has 3 rings (SSSR count). The summed E-state index contributed by atoms with van der Waals surface area (Å²) in [6, 6.07) is 4.30. The predicted molar refractivity (Wildman–Crippen MR) is 94.9 cm³/mol. The maximum atomic E-state index is 12.6. The highest BCUT2D eigenvalue weighted by molar-refractivity contribution is 7.15. The fourth-order valence-electron chi connectivity index (χ4n) is 3.18. The number of aromatic nitrogens is 1. The van der Waals surface area contributed by atoms with E-state index >= 15 is 0 Å². The van der Waals surface area contributed by atoms with Gasteiger partial charge in [0.1, 0.15) is 5.01 Å². The molecule has 0 unspecified atom stereocenters. The standard InChI is InChI=1S/C18H21N3O2S/c1-9(2)21-8-13-6-12(5-10(3)16(13)18(21)23)17-11(4)20-15(24-17)7-14(19)22/h5-6,9H,7-8H2,1-4H3,(H2,19,22). The monoisotopic (exact) mass is 343 g/mol. The number of thiazole rings is 1. The summed E-state index contributed by atoms with van der Waals surface area (Å²) < 4.78 is 0. The van der Waals surface area contributed by atoms with Gasteiger partial charge in [-0.1, -0.05) is 0 Å². The Labute approximate surface area is 145 Å². The zero-order valence-corrected chi connectivity index (χ0v) is 15.2. The first-order chi connectivity index (χ1) is 11.3. The molecule has 2 amide bonds. The van der Waals surface area contributed by atoms with Crippen LogP contribution in [0, 0.1) is 13.8 Å². The molecule has 5 nitrogen and oxygen atoms in total. The lowest BCUT2D eigenvalue weighted by Gasteiger charge is -2.19. The van der Waals surface area contributed by atoms with Gasteiger partial charge in [-0.05, 0) is 56.5 Å². The lowest BCUT2D eigenvalue weighted by atomic mass is 9.99. The van der Waals surface area contributed by atoms with Gasteiger partial charge in [-0.25, -0.2) is 4.98 Å². The molecule has 24 heavy (non-hydrogen) atoms. The molecule has 0 aliphatic carbocycles. The molecule has 0 radical (unpaired) electrons. The Morgan fingerprint density at radius 3 is 2.71 bits per heavy atom. The van der Waals surface area contributed by atoms with Crippen LogP contribution in [-0.4, -0.2) is 27.7 Å². The second-order valence-corrected chi connectivity index (χ2v) is 7.60. The van der Waals surface area contributed by atoms with Crippen molar-refractivity contribution in [3.05, 3.63) is 39.5 Å². The molecule has 0 spiro atoms. The Morgan fingerprint density at radius 2 is 2.08 bits per heavy atom. The van der Waals surface area contributed by atoms with Gasteiger partial charge in [0.15, 0.2) is 0 Å². The van der Waals surface area contributed by atoms with E-state index in [4.69, 9.17) is 5.73 Å². The van der Waals surface area contributed by atoms with Crippen LogP contribution in [0.3, 0.4) is 0 Å². The van der Waals surface area contributed by atoms with Crippen molar-refractivity contribution < 1.29 is 9.59 Å². The Hall–Kier alpha value is -2.21. The van der Waals surface area contributed by atoms with E-state index in [1.807, 2.05) is 38.7 Å². The summed E-state index contributed by atoms with van der Waals surface area (Å²) in [5, 5.41) is 0.730. The molecule has 0 fully saturated rings. The number of aryl methyl sites for hydroxylation is 2. The average Bonchev–Trinajstić information content (AvgIpc) is 2.99. The number of hydrogen-bond donors (Lipinski definition) is 1. The molecule has 126 valence electrons. The summed E-state index contributed by atoms with van der Waals surface area (Å²) in [5.41, 5.74) is 10.1. The van der Waals surface area contributed by atoms with Gasteiger partial charge in [-0.15, -0.1) is 11.3 Å². The summed E-state index contributed by atoms with van der Waals surface area (Å²) in [6.07, 6.45) is 0.162. The SMILES string of the molecule is Cc1cc(-c2sc(CC(N)=O)nc2C)cc2c1C(=O)N(C(C)C)C2. The Balaban J connectivity index is 2.03. The van der Waals surface area contributed by atoms with Crippen LogP contribution in [-0.2, 0) is 17.8 Å². The van der Waals surface area contributed by atoms with Crippen LogP contribution in [0.2, 0.25) is 0 Å². The number of nitrogens with zero attached hydrogens (tertiary/aromatic N) is 2. The molecule has 6 heteroatoms. The molecule has 1 aliphatic rings. The van der Waals surface area contributed by atoms with Crippen LogP contribution in [0.25, 0.3) is 10.4 Å². The van der Waals surface area contributed by atoms with Crippen LogP contribution in [0.1, 0.15) is 46.0 Å². The fraction of sp³-hybridized carbons (Fsp3) is 0.389. The quantitative estimate of drug-likeness (QED) is 0.927. The first kappa shape index (κ1) is 16.6. The number of rotatable bonds is 4. The minimum atomic E-state index is -0.376. The van der Waals surface area contributed by atoms with Crippen molar-refractivity contribution in [1.82, 2.24) is 9.88 Å². The van der Waals surface area contributed by atoms with E-state index in [9.17, 15) is 9.59 Å². The third-order valence-electron chi connectivity index (χ3n) is 4.28. The lowest BCUT2D eigenvalue weighted by Crippen LogP contribution is -2.30. The summed E-state index contributed by atoms with van der Waals surface area (Å²) in [6.45, 7) is 8.62. The van der Waals surface area contributed by atoms with Gasteiger partial charge >= 0.3 is 0 Å². The topological polar surface area (TPSA) is 76.3 Å². The van der Waals surface area contributed by atoms with Crippen molar-refractivity contribution in [1.29, 1.82) is 0 Å². The normalized spacial score (nSPS) is 13.7. The van der Waals surface area contributed by atoms with Gasteiger partial charge < -0.3 is 10.6 Å². The fourth-order valence-corrected chi connectivity index (χ4v) is 4.24. The molecule has 2 N–H and O–H groups in total. The number of nitrogens with two attached hydrogens (primary N) is 1. The van der Waals surface area contributed by atoms with Crippen molar-refractivity contribution in [3.63, 3.8) is 0 Å². The zero-order valence-electron chi connectivity index (χ0n) is 14.3. The van der Waals surface area contributed by atoms with Crippen molar-refractivity contribution >= 4 is 23.2 Å². The van der Waals surface area contributed by atoms with E-state index in [-0.39, 0.29) is 24.3 Å². The molecule has 0 atom stereocenters. The van der Waals surface area contributed by atoms with Crippen molar-refractivity contribution in [3.8, 4) is 10.4 Å². The minimum absolute atomic E-state index is 0.111. The van der Waals surface area contributed by atoms with Gasteiger partial charge in [0, 0.05) is 18.2 Å². The van der Waals surface area contributed by atoms with E-state index in [2.05, 4.69) is 11.1 Å². The van der Waals surface area contributed by atoms with Gasteiger partial charge in [0.05, 0.1) is 17.0 Å². The van der Waals surface area contributed by atoms with E-state index < -0.39 is 0 Å². The van der Waals surface area contributed by atoms with Gasteiger partial charge in [-0.2, -0.15) is 0 Å². The zero-order chi connectivity index (χ0) is 17.6. The Kier molecular flexibility index (Phi) is 4.17. The minimum Gasteiger partial charge on any atom is -0.369 e. The van der Waals surface area contributed by atoms with E-state index in [0.29, 0.717) is 6.54 Å². The average molecular weight is 343 g/mol. The number of amides is 2. The molecule has 2 heterocycles. The van der Waals surface area contributed by atoms with Crippen LogP contribution >= 0.6 is 11.3 Å². The van der Waals surface area contributed by atoms with Crippen LogP contribution in [0.5, 0.6) is 0 Å². The molecule has 0 bridgehead atoms. The smallest absolute Gasteiger partial charge is 0.255 e. The third kappa shape index (κ3) is 2.82. The molecule has 1 aromatic carbocycles. The third-order valence-corrected chi connectivity index (χ3v) is 5.49. The van der Waals surface area contributed by atoms with E-state index in [1.54, 1.807) is 0 Å². The Bertz CT molecular complexity index is 839. The second-order valence-electron chi connectivity index (χ2n) is 6.52. The number of hydrogen-bond acceptors (Lipinski definition) is 4. The first-order valence-corrected chi connectivity index (χ1v) is 8.79. The van der Waals surface area contributed by atoms with Crippen LogP contribution in [0.4, 0.5) is 0 Å². The molecule has 1 aromatic heterocycles. The first-order valence-electron chi connectivity index (χ1n) is 7.97. The number of fused-ring (bicyclic) bond motifs is 1. The molecular weight excluding hydrogens is 322 g/mol. The molecule has 1 aliphatic heterocycles. The van der Waals surface area contributed by atoms with E-state index in [1.165, 1.54) is 11.3 Å². The molecule has 0 saturated heterocycles. The summed E-state index contributed by atoms with van der Waals surface area (Å²) in [7, 11) is 0. The van der Waals surface area contributed by atoms with Crippen LogP contribution in [0.15, 0.2) is 12.1 Å². The largest absolute Gasteiger partial charge is 0.369 e. The summed E-state index contributed by atoms with van der Waals surface area (Å²) in [4.78, 5) is 31.1. The van der Waals surface area contributed by atoms with E-state index in [0.717, 1.165) is 37.8 Å². The number of primary amides is 1. The maximum Gasteiger partial charge on any atom is 0.255 e. The highest BCUT2D eigenvalue weighted by Gasteiger charge is 2.31. The highest BCUT2D eigenvalue weighted by Crippen LogP contribution is 2.36. The summed E-state index contributed by atoms with van der Waals surface area (Å²) >= 11 is 1.49. The maximum absolute atomic E-state index is 12.6. The van der Waals surface area contributed by atoms with Gasteiger partial charge in [0.2, 0.25) is 5.91 Å². The van der Waals surface area contributed by atoms with Crippen LogP contribution < -0.4 is 5.73 Å². The number of carbonyl (C=O) groups is 2. The van der Waals surface area contributed by atoms with Crippen molar-refractivity contribution in [2.75, 3.05) is 0 Å². The number of benzene rings is 1. The highest BCUT2D eigenvalue weighted by atomic mass is 32.1. The lowest BCUT2D eigenvalue weighted by molar-refractivity contribution is -0.117. The Morgan fingerprint density at radius 1 is 1.38 bits per heavy atom. The molecular formula is C18H21N3O2S. The van der Waals surface area contributed by atoms with Crippen molar-refractivity contribution in [2.45, 2.75) is 46.7 Å². The van der Waals surface area contributed by atoms with Gasteiger partial charge in [-0.3, -0.25) is 9.59 Å². The molecule has 0 saturated carbocycles. The molecule has 2 aromatic rings. The predicted octanol–water partition coefficient (Wildman–Crippen LogP) is 2.82. The number of carbonyl (C=O) groups excluding carboxylic acids is 2. The summed E-state index contributed by atoms with van der Waals surface area (Å²) in [5.74, 6) is -0.266. The van der Waals surface area contributed by atoms with Gasteiger partial charge in [0.25, 0.3) is 5.91 Å². The van der Waals surface area contributed by atoms with Crippen molar-refractivity contribution in [2.24, 2.45) is 5.73 Å². The second kappa shape index (κ2) is 6.02.